The van der Waals surface area contributed by atoms with Crippen LogP contribution in [0.2, 0.25) is 0 Å². The molecule has 0 aromatic heterocycles. The first kappa shape index (κ1) is 10.4. The SMILES string of the molecule is COC(C)CC1(CO)CC2CCC1C2. The molecule has 0 spiro atoms. The van der Waals surface area contributed by atoms with Crippen molar-refractivity contribution in [2.75, 3.05) is 13.7 Å². The van der Waals surface area contributed by atoms with Crippen molar-refractivity contribution in [1.82, 2.24) is 0 Å². The number of hydrogen-bond donors (Lipinski definition) is 1. The van der Waals surface area contributed by atoms with Gasteiger partial charge in [-0.25, -0.2) is 0 Å². The van der Waals surface area contributed by atoms with Crippen LogP contribution in [0.25, 0.3) is 0 Å². The molecule has 0 aromatic rings. The average Bonchev–Trinajstić information content (AvgIpc) is 2.77. The number of fused-ring (bicyclic) bond motifs is 2. The maximum atomic E-state index is 9.63. The minimum absolute atomic E-state index is 0.207. The predicted octanol–water partition coefficient (Wildman–Crippen LogP) is 2.21. The molecule has 0 heterocycles. The van der Waals surface area contributed by atoms with Gasteiger partial charge in [0.15, 0.2) is 0 Å². The second kappa shape index (κ2) is 3.82. The van der Waals surface area contributed by atoms with Crippen molar-refractivity contribution in [2.24, 2.45) is 17.3 Å². The van der Waals surface area contributed by atoms with Gasteiger partial charge in [0, 0.05) is 13.7 Å². The third kappa shape index (κ3) is 1.59. The van der Waals surface area contributed by atoms with E-state index >= 15 is 0 Å². The van der Waals surface area contributed by atoms with Crippen LogP contribution in [-0.4, -0.2) is 24.9 Å². The first-order chi connectivity index (χ1) is 6.70. The molecule has 2 bridgehead atoms. The lowest BCUT2D eigenvalue weighted by Crippen LogP contribution is -2.35. The smallest absolute Gasteiger partial charge is 0.0549 e. The van der Waals surface area contributed by atoms with Crippen molar-refractivity contribution in [2.45, 2.75) is 45.1 Å². The van der Waals surface area contributed by atoms with E-state index < -0.39 is 0 Å². The second-order valence-corrected chi connectivity index (χ2v) is 5.35. The van der Waals surface area contributed by atoms with Crippen LogP contribution in [0.15, 0.2) is 0 Å². The third-order valence-electron chi connectivity index (χ3n) is 4.51. The number of aliphatic hydroxyl groups excluding tert-OH is 1. The zero-order valence-corrected chi connectivity index (χ0v) is 9.33. The number of methoxy groups -OCH3 is 1. The summed E-state index contributed by atoms with van der Waals surface area (Å²) in [4.78, 5) is 0. The predicted molar refractivity (Wildman–Crippen MR) is 56.1 cm³/mol. The molecule has 0 radical (unpaired) electrons. The molecule has 4 unspecified atom stereocenters. The van der Waals surface area contributed by atoms with Gasteiger partial charge in [-0.05, 0) is 49.9 Å². The molecule has 82 valence electrons. The summed E-state index contributed by atoms with van der Waals surface area (Å²) in [6, 6.07) is 0. The highest BCUT2D eigenvalue weighted by atomic mass is 16.5. The van der Waals surface area contributed by atoms with Crippen LogP contribution in [0.4, 0.5) is 0 Å². The Labute approximate surface area is 86.6 Å². The van der Waals surface area contributed by atoms with Gasteiger partial charge in [-0.15, -0.1) is 0 Å². The summed E-state index contributed by atoms with van der Waals surface area (Å²) in [7, 11) is 1.77. The Kier molecular flexibility index (Phi) is 2.85. The topological polar surface area (TPSA) is 29.5 Å². The highest BCUT2D eigenvalue weighted by molar-refractivity contribution is 5.00. The molecular weight excluding hydrogens is 176 g/mol. The van der Waals surface area contributed by atoms with Crippen LogP contribution in [0.3, 0.4) is 0 Å². The maximum absolute atomic E-state index is 9.63. The molecule has 2 fully saturated rings. The molecule has 0 aromatic carbocycles. The van der Waals surface area contributed by atoms with E-state index in [1.54, 1.807) is 7.11 Å². The first-order valence-electron chi connectivity index (χ1n) is 5.84. The number of ether oxygens (including phenoxy) is 1. The lowest BCUT2D eigenvalue weighted by Gasteiger charge is -2.37. The highest BCUT2D eigenvalue weighted by Gasteiger charge is 2.50. The lowest BCUT2D eigenvalue weighted by molar-refractivity contribution is -0.00122. The lowest BCUT2D eigenvalue weighted by atomic mass is 9.70. The Morgan fingerprint density at radius 2 is 2.29 bits per heavy atom. The van der Waals surface area contributed by atoms with Gasteiger partial charge in [0.05, 0.1) is 6.10 Å². The summed E-state index contributed by atoms with van der Waals surface area (Å²) in [6.45, 7) is 2.48. The van der Waals surface area contributed by atoms with Gasteiger partial charge < -0.3 is 9.84 Å². The van der Waals surface area contributed by atoms with Crippen molar-refractivity contribution in [3.05, 3.63) is 0 Å². The summed E-state index contributed by atoms with van der Waals surface area (Å²) in [5, 5.41) is 9.63. The Morgan fingerprint density at radius 1 is 1.50 bits per heavy atom. The number of aliphatic hydroxyl groups is 1. The Balaban J connectivity index is 2.03. The summed E-state index contributed by atoms with van der Waals surface area (Å²) in [5.74, 6) is 1.67. The molecule has 0 amide bonds. The van der Waals surface area contributed by atoms with E-state index in [0.717, 1.165) is 18.3 Å². The van der Waals surface area contributed by atoms with Crippen molar-refractivity contribution in [3.63, 3.8) is 0 Å². The number of hydrogen-bond acceptors (Lipinski definition) is 2. The number of rotatable bonds is 4. The molecule has 2 aliphatic carbocycles. The van der Waals surface area contributed by atoms with E-state index in [9.17, 15) is 5.11 Å². The van der Waals surface area contributed by atoms with Crippen LogP contribution in [0.5, 0.6) is 0 Å². The molecule has 1 N–H and O–H groups in total. The average molecular weight is 198 g/mol. The minimum Gasteiger partial charge on any atom is -0.396 e. The Morgan fingerprint density at radius 3 is 2.71 bits per heavy atom. The van der Waals surface area contributed by atoms with Crippen molar-refractivity contribution in [1.29, 1.82) is 0 Å². The third-order valence-corrected chi connectivity index (χ3v) is 4.51. The van der Waals surface area contributed by atoms with Gasteiger partial charge >= 0.3 is 0 Å². The molecule has 2 aliphatic rings. The fourth-order valence-electron chi connectivity index (χ4n) is 3.72. The zero-order valence-electron chi connectivity index (χ0n) is 9.33. The fourth-order valence-corrected chi connectivity index (χ4v) is 3.72. The van der Waals surface area contributed by atoms with Crippen LogP contribution in [-0.2, 0) is 4.74 Å². The summed E-state index contributed by atoms with van der Waals surface area (Å²) in [5.41, 5.74) is 0.207. The Hall–Kier alpha value is -0.0800. The van der Waals surface area contributed by atoms with Crippen LogP contribution in [0, 0.1) is 17.3 Å². The van der Waals surface area contributed by atoms with Crippen molar-refractivity contribution >= 4 is 0 Å². The first-order valence-corrected chi connectivity index (χ1v) is 5.84. The van der Waals surface area contributed by atoms with Gasteiger partial charge in [-0.3, -0.25) is 0 Å². The zero-order chi connectivity index (χ0) is 10.2. The molecule has 4 atom stereocenters. The largest absolute Gasteiger partial charge is 0.396 e. The van der Waals surface area contributed by atoms with E-state index in [-0.39, 0.29) is 5.41 Å². The van der Waals surface area contributed by atoms with Gasteiger partial charge in [-0.1, -0.05) is 6.42 Å². The highest BCUT2D eigenvalue weighted by Crippen LogP contribution is 2.57. The van der Waals surface area contributed by atoms with Crippen molar-refractivity contribution < 1.29 is 9.84 Å². The van der Waals surface area contributed by atoms with Gasteiger partial charge in [0.25, 0.3) is 0 Å². The summed E-state index contributed by atoms with van der Waals surface area (Å²) < 4.78 is 5.34. The molecule has 2 nitrogen and oxygen atoms in total. The molecular formula is C12H22O2. The van der Waals surface area contributed by atoms with Crippen LogP contribution >= 0.6 is 0 Å². The maximum Gasteiger partial charge on any atom is 0.0549 e. The van der Waals surface area contributed by atoms with Gasteiger partial charge in [-0.2, -0.15) is 0 Å². The van der Waals surface area contributed by atoms with E-state index in [2.05, 4.69) is 6.92 Å². The molecule has 0 saturated heterocycles. The van der Waals surface area contributed by atoms with Gasteiger partial charge in [0.1, 0.15) is 0 Å². The van der Waals surface area contributed by atoms with Crippen LogP contribution in [0.1, 0.15) is 39.0 Å². The van der Waals surface area contributed by atoms with Crippen molar-refractivity contribution in [3.8, 4) is 0 Å². The fraction of sp³-hybridized carbons (Fsp3) is 1.00. The monoisotopic (exact) mass is 198 g/mol. The van der Waals surface area contributed by atoms with E-state index in [0.29, 0.717) is 12.7 Å². The van der Waals surface area contributed by atoms with Crippen LogP contribution < -0.4 is 0 Å². The summed E-state index contributed by atoms with van der Waals surface area (Å²) in [6.07, 6.45) is 6.66. The normalized spacial score (nSPS) is 43.1. The van der Waals surface area contributed by atoms with Gasteiger partial charge in [0.2, 0.25) is 0 Å². The molecule has 2 heteroatoms. The molecule has 14 heavy (non-hydrogen) atoms. The van der Waals surface area contributed by atoms with E-state index in [1.807, 2.05) is 0 Å². The Bertz CT molecular complexity index is 204. The quantitative estimate of drug-likeness (QED) is 0.750. The molecule has 0 aliphatic heterocycles. The molecule has 2 rings (SSSR count). The van der Waals surface area contributed by atoms with E-state index in [4.69, 9.17) is 4.74 Å². The standard InChI is InChI=1S/C12H22O2/c1-9(14-2)6-12(8-13)7-10-3-4-11(12)5-10/h9-11,13H,3-8H2,1-2H3. The minimum atomic E-state index is 0.207. The summed E-state index contributed by atoms with van der Waals surface area (Å²) >= 11 is 0. The second-order valence-electron chi connectivity index (χ2n) is 5.35. The van der Waals surface area contributed by atoms with E-state index in [1.165, 1.54) is 25.7 Å². The molecule has 2 saturated carbocycles.